The quantitative estimate of drug-likeness (QED) is 0.374. The third-order valence-corrected chi connectivity index (χ3v) is 5.43. The third kappa shape index (κ3) is 6.47. The summed E-state index contributed by atoms with van der Waals surface area (Å²) in [5, 5.41) is 25.8. The zero-order valence-electron chi connectivity index (χ0n) is 18.2. The molecule has 0 fully saturated rings. The minimum atomic E-state index is -0.951. The van der Waals surface area contributed by atoms with Crippen LogP contribution in [0, 0.1) is 0 Å². The van der Waals surface area contributed by atoms with Crippen LogP contribution in [-0.2, 0) is 6.42 Å². The van der Waals surface area contributed by atoms with Crippen molar-refractivity contribution in [1.82, 2.24) is 5.32 Å². The summed E-state index contributed by atoms with van der Waals surface area (Å²) in [6.07, 6.45) is 1.18. The molecule has 0 amide bonds. The highest BCUT2D eigenvalue weighted by molar-refractivity contribution is 5.89. The van der Waals surface area contributed by atoms with Crippen molar-refractivity contribution >= 4 is 17.3 Å². The van der Waals surface area contributed by atoms with Crippen molar-refractivity contribution in [2.45, 2.75) is 25.0 Å². The Balaban J connectivity index is 1.23. The predicted molar refractivity (Wildman–Crippen MR) is 127 cm³/mol. The standard InChI is InChI=1S/C26H28N2O5/c29-22(17-32-23-7-2-1-3-8-23)15-27-16-24-11-9-18-13-21(10-12-25(18)33-24)28-20-6-4-5-19(14-20)26(30)31/h1-8,10,12-14,22,24,27-29H,9,11,15-17H2,(H,30,31)/t22-,24+/m0/s1. The van der Waals surface area contributed by atoms with Gasteiger partial charge in [-0.25, -0.2) is 4.79 Å². The summed E-state index contributed by atoms with van der Waals surface area (Å²) in [5.41, 5.74) is 2.97. The fourth-order valence-electron chi connectivity index (χ4n) is 3.74. The van der Waals surface area contributed by atoms with Crippen molar-refractivity contribution < 1.29 is 24.5 Å². The van der Waals surface area contributed by atoms with Gasteiger partial charge in [0, 0.05) is 24.5 Å². The molecule has 0 aromatic heterocycles. The molecule has 3 aromatic carbocycles. The van der Waals surface area contributed by atoms with Gasteiger partial charge in [-0.2, -0.15) is 0 Å². The number of anilines is 2. The van der Waals surface area contributed by atoms with Gasteiger partial charge in [-0.15, -0.1) is 0 Å². The van der Waals surface area contributed by atoms with Gasteiger partial charge in [0.1, 0.15) is 30.3 Å². The number of fused-ring (bicyclic) bond motifs is 1. The summed E-state index contributed by atoms with van der Waals surface area (Å²) in [7, 11) is 0. The van der Waals surface area contributed by atoms with Crippen LogP contribution in [0.1, 0.15) is 22.3 Å². The Labute approximate surface area is 193 Å². The van der Waals surface area contributed by atoms with E-state index in [1.165, 1.54) is 0 Å². The number of aliphatic hydroxyl groups excluding tert-OH is 1. The van der Waals surface area contributed by atoms with E-state index in [2.05, 4.69) is 10.6 Å². The Morgan fingerprint density at radius 1 is 1.06 bits per heavy atom. The van der Waals surface area contributed by atoms with E-state index in [4.69, 9.17) is 14.6 Å². The van der Waals surface area contributed by atoms with Crippen LogP contribution in [0.2, 0.25) is 0 Å². The lowest BCUT2D eigenvalue weighted by molar-refractivity contribution is 0.0697. The lowest BCUT2D eigenvalue weighted by Gasteiger charge is -2.27. The summed E-state index contributed by atoms with van der Waals surface area (Å²) in [5.74, 6) is 0.645. The van der Waals surface area contributed by atoms with E-state index in [1.807, 2.05) is 54.6 Å². The lowest BCUT2D eigenvalue weighted by atomic mass is 10.0. The van der Waals surface area contributed by atoms with Gasteiger partial charge in [-0.05, 0) is 66.9 Å². The minimum Gasteiger partial charge on any atom is -0.491 e. The maximum Gasteiger partial charge on any atom is 0.335 e. The molecule has 3 aromatic rings. The number of hydrogen-bond acceptors (Lipinski definition) is 6. The van der Waals surface area contributed by atoms with Crippen molar-refractivity contribution in [2.75, 3.05) is 25.0 Å². The molecule has 4 rings (SSSR count). The van der Waals surface area contributed by atoms with Crippen LogP contribution in [-0.4, -0.2) is 48.1 Å². The summed E-state index contributed by atoms with van der Waals surface area (Å²) in [4.78, 5) is 11.2. The van der Waals surface area contributed by atoms with Crippen LogP contribution in [0.15, 0.2) is 72.8 Å². The highest BCUT2D eigenvalue weighted by atomic mass is 16.5. The molecule has 172 valence electrons. The summed E-state index contributed by atoms with van der Waals surface area (Å²) < 4.78 is 11.7. The monoisotopic (exact) mass is 448 g/mol. The second kappa shape index (κ2) is 10.8. The number of benzene rings is 3. The van der Waals surface area contributed by atoms with Gasteiger partial charge in [0.2, 0.25) is 0 Å². The summed E-state index contributed by atoms with van der Waals surface area (Å²) >= 11 is 0. The number of rotatable bonds is 10. The third-order valence-electron chi connectivity index (χ3n) is 5.43. The topological polar surface area (TPSA) is 100 Å². The van der Waals surface area contributed by atoms with E-state index in [0.717, 1.165) is 41.3 Å². The van der Waals surface area contributed by atoms with Crippen molar-refractivity contribution in [1.29, 1.82) is 0 Å². The molecule has 0 spiro atoms. The number of para-hydroxylation sites is 1. The first-order valence-electron chi connectivity index (χ1n) is 11.0. The number of ether oxygens (including phenoxy) is 2. The molecule has 0 saturated heterocycles. The van der Waals surface area contributed by atoms with E-state index in [0.29, 0.717) is 13.1 Å². The van der Waals surface area contributed by atoms with E-state index in [9.17, 15) is 9.90 Å². The molecule has 0 aliphatic carbocycles. The first-order chi connectivity index (χ1) is 16.1. The summed E-state index contributed by atoms with van der Waals surface area (Å²) in [6.45, 7) is 1.30. The maximum atomic E-state index is 11.2. The SMILES string of the molecule is O=C(O)c1cccc(Nc2ccc3c(c2)CC[C@H](CNC[C@H](O)COc2ccccc2)O3)c1. The number of aliphatic hydroxyl groups is 1. The zero-order chi connectivity index (χ0) is 23.0. The lowest BCUT2D eigenvalue weighted by Crippen LogP contribution is -2.39. The highest BCUT2D eigenvalue weighted by Gasteiger charge is 2.20. The summed E-state index contributed by atoms with van der Waals surface area (Å²) in [6, 6.07) is 22.1. The number of carboxylic acid groups (broad SMARTS) is 1. The van der Waals surface area contributed by atoms with E-state index in [-0.39, 0.29) is 18.3 Å². The Kier molecular flexibility index (Phi) is 7.44. The second-order valence-corrected chi connectivity index (χ2v) is 8.05. The second-order valence-electron chi connectivity index (χ2n) is 8.05. The van der Waals surface area contributed by atoms with E-state index < -0.39 is 12.1 Å². The van der Waals surface area contributed by atoms with Gasteiger partial charge in [-0.3, -0.25) is 0 Å². The number of nitrogens with one attached hydrogen (secondary N) is 2. The molecule has 0 bridgehead atoms. The predicted octanol–water partition coefficient (Wildman–Crippen LogP) is 3.85. The number of aryl methyl sites for hydroxylation is 1. The molecular weight excluding hydrogens is 420 g/mol. The fourth-order valence-corrected chi connectivity index (χ4v) is 3.74. The Morgan fingerprint density at radius 2 is 1.88 bits per heavy atom. The van der Waals surface area contributed by atoms with Gasteiger partial charge < -0.3 is 30.3 Å². The minimum absolute atomic E-state index is 0.0331. The average molecular weight is 449 g/mol. The van der Waals surface area contributed by atoms with Gasteiger partial charge in [0.15, 0.2) is 0 Å². The Bertz CT molecular complexity index is 1070. The molecule has 0 unspecified atom stereocenters. The molecule has 1 aliphatic heterocycles. The van der Waals surface area contributed by atoms with Crippen molar-refractivity contribution in [3.63, 3.8) is 0 Å². The Hall–Kier alpha value is -3.55. The van der Waals surface area contributed by atoms with Crippen LogP contribution in [0.3, 0.4) is 0 Å². The molecule has 0 saturated carbocycles. The smallest absolute Gasteiger partial charge is 0.335 e. The van der Waals surface area contributed by atoms with Crippen molar-refractivity contribution in [2.24, 2.45) is 0 Å². The van der Waals surface area contributed by atoms with E-state index in [1.54, 1.807) is 18.2 Å². The molecule has 4 N–H and O–H groups in total. The van der Waals surface area contributed by atoms with Crippen LogP contribution >= 0.6 is 0 Å². The molecule has 7 heteroatoms. The van der Waals surface area contributed by atoms with E-state index >= 15 is 0 Å². The fraction of sp³-hybridized carbons (Fsp3) is 0.269. The molecule has 1 heterocycles. The largest absolute Gasteiger partial charge is 0.491 e. The van der Waals surface area contributed by atoms with Crippen LogP contribution < -0.4 is 20.1 Å². The Morgan fingerprint density at radius 3 is 2.70 bits per heavy atom. The van der Waals surface area contributed by atoms with Gasteiger partial charge in [0.05, 0.1) is 5.56 Å². The first-order valence-corrected chi connectivity index (χ1v) is 11.0. The molecule has 33 heavy (non-hydrogen) atoms. The number of carboxylic acids is 1. The molecular formula is C26H28N2O5. The first kappa shape index (κ1) is 22.6. The van der Waals surface area contributed by atoms with Crippen LogP contribution in [0.5, 0.6) is 11.5 Å². The molecule has 1 aliphatic rings. The highest BCUT2D eigenvalue weighted by Crippen LogP contribution is 2.31. The van der Waals surface area contributed by atoms with Gasteiger partial charge >= 0.3 is 5.97 Å². The number of carbonyl (C=O) groups is 1. The molecule has 0 radical (unpaired) electrons. The average Bonchev–Trinajstić information content (AvgIpc) is 2.83. The van der Waals surface area contributed by atoms with Gasteiger partial charge in [-0.1, -0.05) is 24.3 Å². The molecule has 2 atom stereocenters. The van der Waals surface area contributed by atoms with Crippen LogP contribution in [0.25, 0.3) is 0 Å². The number of hydrogen-bond donors (Lipinski definition) is 4. The van der Waals surface area contributed by atoms with Crippen molar-refractivity contribution in [3.8, 4) is 11.5 Å². The zero-order valence-corrected chi connectivity index (χ0v) is 18.2. The maximum absolute atomic E-state index is 11.2. The molecule has 7 nitrogen and oxygen atoms in total. The van der Waals surface area contributed by atoms with Crippen molar-refractivity contribution in [3.05, 3.63) is 83.9 Å². The normalized spacial score (nSPS) is 15.7. The van der Waals surface area contributed by atoms with Gasteiger partial charge in [0.25, 0.3) is 0 Å². The number of aromatic carboxylic acids is 1. The van der Waals surface area contributed by atoms with Crippen LogP contribution in [0.4, 0.5) is 11.4 Å².